The van der Waals surface area contributed by atoms with Gasteiger partial charge in [0.2, 0.25) is 0 Å². The van der Waals surface area contributed by atoms with E-state index < -0.39 is 12.8 Å². The topological polar surface area (TPSA) is 78.5 Å². The van der Waals surface area contributed by atoms with Crippen molar-refractivity contribution in [2.24, 2.45) is 0 Å². The van der Waals surface area contributed by atoms with Crippen molar-refractivity contribution in [3.05, 3.63) is 42.4 Å². The number of halogens is 5. The van der Waals surface area contributed by atoms with E-state index in [2.05, 4.69) is 26.4 Å². The number of alkyl halides is 3. The van der Waals surface area contributed by atoms with Gasteiger partial charge < -0.3 is 15.0 Å². The van der Waals surface area contributed by atoms with Crippen molar-refractivity contribution in [3.63, 3.8) is 0 Å². The van der Waals surface area contributed by atoms with Crippen LogP contribution in [0.15, 0.2) is 36.8 Å². The van der Waals surface area contributed by atoms with Crippen LogP contribution < -0.4 is 15.0 Å². The fraction of sp³-hybridized carbons (Fsp3) is 0.316. The van der Waals surface area contributed by atoms with Gasteiger partial charge in [0.05, 0.1) is 23.5 Å². The van der Waals surface area contributed by atoms with Gasteiger partial charge >= 0.3 is 6.18 Å². The molecule has 31 heavy (non-hydrogen) atoms. The molecule has 3 aromatic heterocycles. The highest BCUT2D eigenvalue weighted by atomic mass is 35.5. The van der Waals surface area contributed by atoms with E-state index in [4.69, 9.17) is 4.74 Å². The number of nitrogens with one attached hydrogen (secondary N) is 1. The lowest BCUT2D eigenvalue weighted by atomic mass is 10.1. The van der Waals surface area contributed by atoms with E-state index in [1.807, 2.05) is 12.1 Å². The molecule has 0 radical (unpaired) electrons. The molecule has 0 unspecified atom stereocenters. The van der Waals surface area contributed by atoms with Gasteiger partial charge in [-0.25, -0.2) is 9.50 Å². The van der Waals surface area contributed by atoms with Crippen molar-refractivity contribution < 1.29 is 17.9 Å². The lowest BCUT2D eigenvalue weighted by Crippen LogP contribution is -2.43. The van der Waals surface area contributed by atoms with Crippen molar-refractivity contribution in [2.75, 3.05) is 37.7 Å². The highest BCUT2D eigenvalue weighted by molar-refractivity contribution is 5.86. The largest absolute Gasteiger partial charge is 0.482 e. The van der Waals surface area contributed by atoms with Crippen LogP contribution in [0.25, 0.3) is 16.6 Å². The van der Waals surface area contributed by atoms with Gasteiger partial charge in [-0.2, -0.15) is 23.5 Å². The Hall–Kier alpha value is -2.74. The molecule has 7 nitrogen and oxygen atoms in total. The smallest absolute Gasteiger partial charge is 0.422 e. The summed E-state index contributed by atoms with van der Waals surface area (Å²) in [6.07, 6.45) is -0.110. The Bertz CT molecular complexity index is 1060. The molecule has 0 amide bonds. The summed E-state index contributed by atoms with van der Waals surface area (Å²) in [6.45, 7) is 2.04. The molecule has 1 aliphatic heterocycles. The maximum Gasteiger partial charge on any atom is 0.422 e. The third-order valence-corrected chi connectivity index (χ3v) is 4.61. The van der Waals surface area contributed by atoms with Crippen molar-refractivity contribution in [3.8, 4) is 22.9 Å². The van der Waals surface area contributed by atoms with Crippen LogP contribution in [0, 0.1) is 11.3 Å². The molecule has 1 fully saturated rings. The SMILES string of the molecule is Cl.Cl.N#Cc1cnn2cc(OCC(F)(F)F)cc(-c3ccc(N4CCNCC4)nc3)c12. The number of fused-ring (bicyclic) bond motifs is 1. The second kappa shape index (κ2) is 10.0. The highest BCUT2D eigenvalue weighted by Crippen LogP contribution is 2.32. The number of piperazine rings is 1. The molecular formula is C19H19Cl2F3N6O. The Kier molecular flexibility index (Phi) is 7.95. The second-order valence-electron chi connectivity index (χ2n) is 6.60. The summed E-state index contributed by atoms with van der Waals surface area (Å²) in [4.78, 5) is 6.66. The molecule has 0 atom stereocenters. The third-order valence-electron chi connectivity index (χ3n) is 4.61. The van der Waals surface area contributed by atoms with E-state index in [-0.39, 0.29) is 30.6 Å². The average molecular weight is 475 g/mol. The highest BCUT2D eigenvalue weighted by Gasteiger charge is 2.28. The Balaban J connectivity index is 0.00000171. The number of rotatable bonds is 4. The molecule has 4 heterocycles. The number of hydrogen-bond donors (Lipinski definition) is 1. The summed E-state index contributed by atoms with van der Waals surface area (Å²) in [5.74, 6) is 0.827. The molecule has 0 bridgehead atoms. The zero-order valence-corrected chi connectivity index (χ0v) is 17.7. The molecule has 0 aromatic carbocycles. The third kappa shape index (κ3) is 5.50. The predicted octanol–water partition coefficient (Wildman–Crippen LogP) is 3.46. The van der Waals surface area contributed by atoms with E-state index in [1.165, 1.54) is 23.0 Å². The van der Waals surface area contributed by atoms with Gasteiger partial charge in [-0.1, -0.05) is 0 Å². The lowest BCUT2D eigenvalue weighted by molar-refractivity contribution is -0.153. The van der Waals surface area contributed by atoms with Crippen LogP contribution in [0.4, 0.5) is 19.0 Å². The van der Waals surface area contributed by atoms with Gasteiger partial charge in [0.15, 0.2) is 6.61 Å². The Morgan fingerprint density at radius 3 is 2.52 bits per heavy atom. The number of pyridine rings is 2. The maximum absolute atomic E-state index is 12.5. The fourth-order valence-electron chi connectivity index (χ4n) is 3.27. The standard InChI is InChI=1S/C19H17F3N6O.2ClH/c20-19(21,22)12-29-15-7-16(18-14(8-23)10-26-28(18)11-15)13-1-2-17(25-9-13)27-5-3-24-4-6-27;;/h1-2,7,9-11,24H,3-6,12H2;2*1H. The van der Waals surface area contributed by atoms with Crippen LogP contribution in [-0.2, 0) is 0 Å². The van der Waals surface area contributed by atoms with Crippen LogP contribution in [0.1, 0.15) is 5.56 Å². The fourth-order valence-corrected chi connectivity index (χ4v) is 3.27. The molecule has 1 N–H and O–H groups in total. The van der Waals surface area contributed by atoms with Gasteiger partial charge in [0.25, 0.3) is 0 Å². The molecule has 0 aliphatic carbocycles. The molecule has 3 aromatic rings. The summed E-state index contributed by atoms with van der Waals surface area (Å²) in [7, 11) is 0. The lowest BCUT2D eigenvalue weighted by Gasteiger charge is -2.28. The monoisotopic (exact) mass is 474 g/mol. The first-order chi connectivity index (χ1) is 13.9. The summed E-state index contributed by atoms with van der Waals surface area (Å²) >= 11 is 0. The van der Waals surface area contributed by atoms with Crippen LogP contribution in [0.5, 0.6) is 5.75 Å². The van der Waals surface area contributed by atoms with Gasteiger partial charge in [-0.05, 0) is 18.2 Å². The first-order valence-electron chi connectivity index (χ1n) is 8.98. The van der Waals surface area contributed by atoms with E-state index in [0.717, 1.165) is 32.0 Å². The average Bonchev–Trinajstić information content (AvgIpc) is 3.15. The first-order valence-corrected chi connectivity index (χ1v) is 8.98. The maximum atomic E-state index is 12.5. The molecule has 12 heteroatoms. The minimum Gasteiger partial charge on any atom is -0.482 e. The quantitative estimate of drug-likeness (QED) is 0.623. The number of ether oxygens (including phenoxy) is 1. The van der Waals surface area contributed by atoms with Gasteiger partial charge in [-0.3, -0.25) is 0 Å². The van der Waals surface area contributed by atoms with Crippen LogP contribution in [-0.4, -0.2) is 53.6 Å². The molecular weight excluding hydrogens is 456 g/mol. The van der Waals surface area contributed by atoms with E-state index in [0.29, 0.717) is 22.2 Å². The molecule has 0 spiro atoms. The number of aromatic nitrogens is 3. The minimum absolute atomic E-state index is 0. The Labute approximate surface area is 188 Å². The number of nitriles is 1. The van der Waals surface area contributed by atoms with Crippen LogP contribution in [0.3, 0.4) is 0 Å². The summed E-state index contributed by atoms with van der Waals surface area (Å²) in [5.41, 5.74) is 1.98. The Morgan fingerprint density at radius 2 is 1.90 bits per heavy atom. The molecule has 1 saturated heterocycles. The van der Waals surface area contributed by atoms with Crippen LogP contribution in [0.2, 0.25) is 0 Å². The molecule has 1 aliphatic rings. The summed E-state index contributed by atoms with van der Waals surface area (Å²) < 4.78 is 43.9. The van der Waals surface area contributed by atoms with Crippen molar-refractivity contribution in [2.45, 2.75) is 6.18 Å². The van der Waals surface area contributed by atoms with Crippen molar-refractivity contribution >= 4 is 36.1 Å². The zero-order valence-electron chi connectivity index (χ0n) is 16.1. The van der Waals surface area contributed by atoms with E-state index >= 15 is 0 Å². The second-order valence-corrected chi connectivity index (χ2v) is 6.60. The molecule has 0 saturated carbocycles. The first kappa shape index (κ1) is 24.5. The van der Waals surface area contributed by atoms with Crippen molar-refractivity contribution in [1.82, 2.24) is 19.9 Å². The Morgan fingerprint density at radius 1 is 1.16 bits per heavy atom. The number of nitrogens with zero attached hydrogens (tertiary/aromatic N) is 5. The molecule has 4 rings (SSSR count). The normalized spacial score (nSPS) is 13.8. The van der Waals surface area contributed by atoms with E-state index in [1.54, 1.807) is 6.20 Å². The molecule has 166 valence electrons. The zero-order chi connectivity index (χ0) is 20.4. The van der Waals surface area contributed by atoms with Crippen molar-refractivity contribution in [1.29, 1.82) is 5.26 Å². The summed E-state index contributed by atoms with van der Waals surface area (Å²) in [6, 6.07) is 7.24. The minimum atomic E-state index is -4.45. The van der Waals surface area contributed by atoms with Gasteiger partial charge in [0, 0.05) is 43.5 Å². The van der Waals surface area contributed by atoms with Gasteiger partial charge in [0.1, 0.15) is 17.6 Å². The summed E-state index contributed by atoms with van der Waals surface area (Å²) in [5, 5.41) is 16.7. The predicted molar refractivity (Wildman–Crippen MR) is 114 cm³/mol. The van der Waals surface area contributed by atoms with Crippen LogP contribution >= 0.6 is 24.8 Å². The van der Waals surface area contributed by atoms with E-state index in [9.17, 15) is 18.4 Å². The van der Waals surface area contributed by atoms with Gasteiger partial charge in [-0.15, -0.1) is 24.8 Å². The number of anilines is 1. The number of hydrogen-bond acceptors (Lipinski definition) is 6.